The lowest BCUT2D eigenvalue weighted by atomic mass is 9.86. The number of aliphatic imine (C=N–C) groups is 2. The van der Waals surface area contributed by atoms with Crippen LogP contribution in [-0.4, -0.2) is 69.3 Å². The smallest absolute Gasteiger partial charge is 0.404 e. The third-order valence-corrected chi connectivity index (χ3v) is 4.83. The number of nitrogens with one attached hydrogen (secondary N) is 1. The molecule has 3 aliphatic rings. The highest BCUT2D eigenvalue weighted by Crippen LogP contribution is 2.48. The maximum atomic E-state index is 10.9. The zero-order valence-electron chi connectivity index (χ0n) is 13.3. The van der Waals surface area contributed by atoms with E-state index < -0.39 is 29.6 Å². The van der Waals surface area contributed by atoms with Gasteiger partial charge in [-0.1, -0.05) is 13.3 Å². The van der Waals surface area contributed by atoms with Gasteiger partial charge in [-0.25, -0.2) is 14.8 Å². The molecule has 1 fully saturated rings. The van der Waals surface area contributed by atoms with Gasteiger partial charge in [-0.05, 0) is 6.42 Å². The van der Waals surface area contributed by atoms with E-state index in [0.29, 0.717) is 6.42 Å². The molecule has 3 rings (SSSR count). The zero-order chi connectivity index (χ0) is 17.7. The molecule has 0 aromatic carbocycles. The average Bonchev–Trinajstić information content (AvgIpc) is 2.92. The molecule has 3 aliphatic heterocycles. The highest BCUT2D eigenvalue weighted by atomic mass is 16.5. The van der Waals surface area contributed by atoms with E-state index in [4.69, 9.17) is 21.9 Å². The third-order valence-electron chi connectivity index (χ3n) is 4.83. The van der Waals surface area contributed by atoms with Crippen LogP contribution >= 0.6 is 0 Å². The third kappa shape index (κ3) is 2.15. The highest BCUT2D eigenvalue weighted by Gasteiger charge is 2.71. The fourth-order valence-corrected chi connectivity index (χ4v) is 4.04. The van der Waals surface area contributed by atoms with Crippen LogP contribution in [0.25, 0.3) is 0 Å². The van der Waals surface area contributed by atoms with Gasteiger partial charge < -0.3 is 42.4 Å². The number of rotatable bonds is 4. The van der Waals surface area contributed by atoms with Crippen LogP contribution in [-0.2, 0) is 4.74 Å². The normalized spacial score (nSPS) is 36.3. The number of hydrogen-bond acceptors (Lipinski definition) is 10. The van der Waals surface area contributed by atoms with Crippen LogP contribution in [0.1, 0.15) is 26.2 Å². The Labute approximate surface area is 138 Å². The number of nitrogens with two attached hydrogens (primary N) is 3. The molecule has 3 unspecified atom stereocenters. The van der Waals surface area contributed by atoms with Crippen LogP contribution in [0.5, 0.6) is 0 Å². The molecule has 24 heavy (non-hydrogen) atoms. The van der Waals surface area contributed by atoms with Crippen molar-refractivity contribution >= 4 is 18.0 Å². The van der Waals surface area contributed by atoms with Crippen LogP contribution < -0.4 is 22.5 Å². The first-order valence-electron chi connectivity index (χ1n) is 7.84. The summed E-state index contributed by atoms with van der Waals surface area (Å²) >= 11 is 0. The first kappa shape index (κ1) is 16.6. The number of carbonyl (C=O) groups is 1. The van der Waals surface area contributed by atoms with E-state index in [0.717, 1.165) is 6.42 Å². The number of primary amides is 1. The summed E-state index contributed by atoms with van der Waals surface area (Å²) in [6, 6.07) is -1.76. The van der Waals surface area contributed by atoms with Gasteiger partial charge in [0.1, 0.15) is 18.7 Å². The summed E-state index contributed by atoms with van der Waals surface area (Å²) in [5.74, 6) is -1.98. The Balaban J connectivity index is 2.04. The number of carbonyl (C=O) groups excluding carboxylic acids is 1. The van der Waals surface area contributed by atoms with Gasteiger partial charge in [0.15, 0.2) is 17.6 Å². The van der Waals surface area contributed by atoms with Crippen molar-refractivity contribution in [3.8, 4) is 0 Å². The molecular weight excluding hydrogens is 318 g/mol. The molecule has 134 valence electrons. The van der Waals surface area contributed by atoms with Gasteiger partial charge in [0.05, 0.1) is 0 Å². The summed E-state index contributed by atoms with van der Waals surface area (Å²) in [6.45, 7) is 1.80. The molecule has 9 N–H and O–H groups in total. The van der Waals surface area contributed by atoms with Crippen molar-refractivity contribution < 1.29 is 19.7 Å². The van der Waals surface area contributed by atoms with Gasteiger partial charge in [-0.15, -0.1) is 0 Å². The minimum Gasteiger partial charge on any atom is -0.447 e. The minimum atomic E-state index is -2.15. The van der Waals surface area contributed by atoms with Gasteiger partial charge in [-0.3, -0.25) is 0 Å². The second-order valence-electron chi connectivity index (χ2n) is 6.37. The second-order valence-corrected chi connectivity index (χ2v) is 6.37. The largest absolute Gasteiger partial charge is 0.447 e. The lowest BCUT2D eigenvalue weighted by Crippen LogP contribution is -2.77. The summed E-state index contributed by atoms with van der Waals surface area (Å²) in [4.78, 5) is 21.1. The summed E-state index contributed by atoms with van der Waals surface area (Å²) in [6.07, 6.45) is 0.623. The molecule has 0 aromatic heterocycles. The fraction of sp³-hybridized carbons (Fsp3) is 0.769. The molecule has 0 bridgehead atoms. The van der Waals surface area contributed by atoms with E-state index in [1.165, 1.54) is 0 Å². The molecular formula is C13H23N7O4. The quantitative estimate of drug-likeness (QED) is 0.298. The van der Waals surface area contributed by atoms with Crippen LogP contribution in [0, 0.1) is 0 Å². The van der Waals surface area contributed by atoms with Crippen molar-refractivity contribution in [2.75, 3.05) is 6.61 Å². The Bertz CT molecular complexity index is 607. The zero-order valence-corrected chi connectivity index (χ0v) is 13.3. The highest BCUT2D eigenvalue weighted by molar-refractivity contribution is 5.87. The van der Waals surface area contributed by atoms with Crippen molar-refractivity contribution in [3.05, 3.63) is 0 Å². The molecule has 0 aliphatic carbocycles. The Morgan fingerprint density at radius 3 is 2.79 bits per heavy atom. The number of hydrogen-bond donors (Lipinski definition) is 6. The van der Waals surface area contributed by atoms with Crippen molar-refractivity contribution in [2.24, 2.45) is 27.2 Å². The van der Waals surface area contributed by atoms with E-state index in [1.54, 1.807) is 4.90 Å². The minimum absolute atomic E-state index is 0.0450. The van der Waals surface area contributed by atoms with E-state index in [-0.39, 0.29) is 31.0 Å². The van der Waals surface area contributed by atoms with Crippen LogP contribution in [0.3, 0.4) is 0 Å². The SMILES string of the molecule is CCC[C@H]1CC(O)(O)C23NC(N)=NC2C(COC(N)=O)N=C(N)N13. The van der Waals surface area contributed by atoms with Gasteiger partial charge >= 0.3 is 6.09 Å². The Kier molecular flexibility index (Phi) is 3.72. The summed E-state index contributed by atoms with van der Waals surface area (Å²) in [7, 11) is 0. The average molecular weight is 341 g/mol. The molecule has 3 heterocycles. The molecule has 0 radical (unpaired) electrons. The van der Waals surface area contributed by atoms with Crippen molar-refractivity contribution in [1.29, 1.82) is 0 Å². The van der Waals surface area contributed by atoms with Crippen molar-refractivity contribution in [1.82, 2.24) is 10.2 Å². The van der Waals surface area contributed by atoms with Crippen LogP contribution in [0.2, 0.25) is 0 Å². The Hall–Kier alpha value is -2.27. The fourth-order valence-electron chi connectivity index (χ4n) is 4.04. The Morgan fingerprint density at radius 1 is 1.46 bits per heavy atom. The summed E-state index contributed by atoms with van der Waals surface area (Å²) in [5.41, 5.74) is 15.5. The molecule has 0 saturated carbocycles. The molecule has 1 amide bonds. The van der Waals surface area contributed by atoms with Gasteiger partial charge in [0.25, 0.3) is 0 Å². The van der Waals surface area contributed by atoms with Gasteiger partial charge in [0, 0.05) is 12.5 Å². The van der Waals surface area contributed by atoms with E-state index >= 15 is 0 Å². The monoisotopic (exact) mass is 341 g/mol. The number of guanidine groups is 2. The molecule has 11 heteroatoms. The molecule has 4 atom stereocenters. The van der Waals surface area contributed by atoms with E-state index in [2.05, 4.69) is 15.3 Å². The molecule has 0 aromatic rings. The predicted molar refractivity (Wildman–Crippen MR) is 84.5 cm³/mol. The molecule has 1 saturated heterocycles. The topological polar surface area (TPSA) is 185 Å². The first-order valence-corrected chi connectivity index (χ1v) is 7.84. The van der Waals surface area contributed by atoms with E-state index in [1.807, 2.05) is 6.92 Å². The standard InChI is InChI=1S/C13H23N7O4/c1-2-3-6-4-12(22,23)13-8(18-9(14)19-13)7(5-24-11(16)21)17-10(15)20(6)13/h6-8,22-23H,2-5H2,1H3,(H2,15,17)(H2,16,21)(H3,14,18,19)/t6-,7?,8?,13?/m0/s1. The van der Waals surface area contributed by atoms with Crippen LogP contribution in [0.4, 0.5) is 4.79 Å². The number of nitrogens with zero attached hydrogens (tertiary/aromatic N) is 3. The lowest BCUT2D eigenvalue weighted by Gasteiger charge is -2.49. The number of amides is 1. The van der Waals surface area contributed by atoms with Gasteiger partial charge in [-0.2, -0.15) is 0 Å². The van der Waals surface area contributed by atoms with Crippen molar-refractivity contribution in [2.45, 2.75) is 55.8 Å². The summed E-state index contributed by atoms with van der Waals surface area (Å²) < 4.78 is 4.82. The predicted octanol–water partition coefficient (Wildman–Crippen LogP) is -2.68. The molecule has 1 spiro atoms. The van der Waals surface area contributed by atoms with Crippen LogP contribution in [0.15, 0.2) is 9.98 Å². The molecule has 11 nitrogen and oxygen atoms in total. The van der Waals surface area contributed by atoms with E-state index in [9.17, 15) is 15.0 Å². The Morgan fingerprint density at radius 2 is 2.17 bits per heavy atom. The summed E-state index contributed by atoms with van der Waals surface area (Å²) in [5, 5.41) is 24.4. The maximum Gasteiger partial charge on any atom is 0.404 e. The maximum absolute atomic E-state index is 10.9. The first-order chi connectivity index (χ1) is 11.2. The lowest BCUT2D eigenvalue weighted by molar-refractivity contribution is -0.221. The number of ether oxygens (including phenoxy) is 1. The number of aliphatic hydroxyl groups is 2. The van der Waals surface area contributed by atoms with Crippen molar-refractivity contribution in [3.63, 3.8) is 0 Å². The van der Waals surface area contributed by atoms with Gasteiger partial charge in [0.2, 0.25) is 5.79 Å². The second kappa shape index (κ2) is 5.38.